The SMILES string of the molecule is Fc1cccc(N2CC3CCCC3C2)c1CCl. The van der Waals surface area contributed by atoms with Gasteiger partial charge in [-0.25, -0.2) is 4.39 Å². The minimum Gasteiger partial charge on any atom is -0.371 e. The van der Waals surface area contributed by atoms with Crippen molar-refractivity contribution in [2.45, 2.75) is 25.1 Å². The van der Waals surface area contributed by atoms with Crippen molar-refractivity contribution in [1.82, 2.24) is 0 Å². The Hall–Kier alpha value is -0.760. The molecule has 2 fully saturated rings. The summed E-state index contributed by atoms with van der Waals surface area (Å²) >= 11 is 5.87. The van der Waals surface area contributed by atoms with Crippen LogP contribution in [-0.2, 0) is 5.88 Å². The van der Waals surface area contributed by atoms with Crippen LogP contribution in [-0.4, -0.2) is 13.1 Å². The molecule has 3 heteroatoms. The Bertz CT molecular complexity index is 409. The number of anilines is 1. The highest BCUT2D eigenvalue weighted by molar-refractivity contribution is 6.17. The summed E-state index contributed by atoms with van der Waals surface area (Å²) in [5.41, 5.74) is 1.67. The van der Waals surface area contributed by atoms with Crippen molar-refractivity contribution in [3.63, 3.8) is 0 Å². The Morgan fingerprint density at radius 1 is 1.24 bits per heavy atom. The van der Waals surface area contributed by atoms with Crippen LogP contribution in [0.25, 0.3) is 0 Å². The molecule has 0 spiro atoms. The molecule has 0 bridgehead atoms. The first-order valence-corrected chi connectivity index (χ1v) is 6.91. The highest BCUT2D eigenvalue weighted by atomic mass is 35.5. The van der Waals surface area contributed by atoms with Crippen molar-refractivity contribution < 1.29 is 4.39 Å². The highest BCUT2D eigenvalue weighted by Gasteiger charge is 2.36. The van der Waals surface area contributed by atoms with Gasteiger partial charge in [0.2, 0.25) is 0 Å². The Morgan fingerprint density at radius 3 is 2.59 bits per heavy atom. The molecule has 1 heterocycles. The molecule has 1 nitrogen and oxygen atoms in total. The second kappa shape index (κ2) is 4.49. The molecule has 1 aliphatic heterocycles. The van der Waals surface area contributed by atoms with E-state index in [4.69, 9.17) is 11.6 Å². The summed E-state index contributed by atoms with van der Waals surface area (Å²) in [6.45, 7) is 2.16. The van der Waals surface area contributed by atoms with Crippen LogP contribution in [0.3, 0.4) is 0 Å². The van der Waals surface area contributed by atoms with Crippen LogP contribution in [0, 0.1) is 17.7 Å². The summed E-state index contributed by atoms with van der Waals surface area (Å²) < 4.78 is 13.7. The molecule has 2 unspecified atom stereocenters. The summed E-state index contributed by atoms with van der Waals surface area (Å²) in [5, 5.41) is 0. The molecule has 0 N–H and O–H groups in total. The van der Waals surface area contributed by atoms with Crippen molar-refractivity contribution in [3.8, 4) is 0 Å². The van der Waals surface area contributed by atoms with E-state index in [9.17, 15) is 4.39 Å². The Labute approximate surface area is 107 Å². The maximum absolute atomic E-state index is 13.7. The van der Waals surface area contributed by atoms with E-state index < -0.39 is 0 Å². The third-order valence-electron chi connectivity index (χ3n) is 4.29. The standard InChI is InChI=1S/C14H17ClFN/c15-7-12-13(16)5-2-6-14(12)17-8-10-3-1-4-11(10)9-17/h2,5-6,10-11H,1,3-4,7-9H2. The van der Waals surface area contributed by atoms with E-state index >= 15 is 0 Å². The van der Waals surface area contributed by atoms with E-state index in [1.54, 1.807) is 6.07 Å². The predicted molar refractivity (Wildman–Crippen MR) is 69.0 cm³/mol. The lowest BCUT2D eigenvalue weighted by molar-refractivity contribution is 0.494. The first kappa shape index (κ1) is 11.3. The van der Waals surface area contributed by atoms with Crippen molar-refractivity contribution >= 4 is 17.3 Å². The number of halogens is 2. The first-order valence-electron chi connectivity index (χ1n) is 6.38. The molecule has 2 atom stereocenters. The second-order valence-corrected chi connectivity index (χ2v) is 5.49. The topological polar surface area (TPSA) is 3.24 Å². The molecule has 1 aromatic rings. The van der Waals surface area contributed by atoms with Gasteiger partial charge in [0, 0.05) is 24.3 Å². The van der Waals surface area contributed by atoms with Gasteiger partial charge in [-0.2, -0.15) is 0 Å². The number of fused-ring (bicyclic) bond motifs is 1. The van der Waals surface area contributed by atoms with Gasteiger partial charge in [0.15, 0.2) is 0 Å². The molecule has 1 saturated heterocycles. The van der Waals surface area contributed by atoms with E-state index in [0.717, 1.165) is 30.6 Å². The zero-order chi connectivity index (χ0) is 11.8. The largest absolute Gasteiger partial charge is 0.371 e. The molecule has 17 heavy (non-hydrogen) atoms. The molecular formula is C14H17ClFN. The average Bonchev–Trinajstić information content (AvgIpc) is 2.88. The lowest BCUT2D eigenvalue weighted by atomic mass is 10.0. The Kier molecular flexibility index (Phi) is 2.99. The molecule has 1 aromatic carbocycles. The third-order valence-corrected chi connectivity index (χ3v) is 4.56. The maximum atomic E-state index is 13.7. The van der Waals surface area contributed by atoms with Crippen molar-refractivity contribution in [2.24, 2.45) is 11.8 Å². The quantitative estimate of drug-likeness (QED) is 0.725. The normalized spacial score (nSPS) is 27.5. The van der Waals surface area contributed by atoms with Gasteiger partial charge < -0.3 is 4.90 Å². The van der Waals surface area contributed by atoms with Crippen LogP contribution in [0.15, 0.2) is 18.2 Å². The van der Waals surface area contributed by atoms with Crippen LogP contribution in [0.5, 0.6) is 0 Å². The van der Waals surface area contributed by atoms with E-state index in [2.05, 4.69) is 4.90 Å². The van der Waals surface area contributed by atoms with Crippen LogP contribution in [0.4, 0.5) is 10.1 Å². The third kappa shape index (κ3) is 1.93. The molecule has 3 rings (SSSR count). The smallest absolute Gasteiger partial charge is 0.129 e. The fourth-order valence-corrected chi connectivity index (χ4v) is 3.67. The first-order chi connectivity index (χ1) is 8.29. The van der Waals surface area contributed by atoms with Gasteiger partial charge in [0.1, 0.15) is 5.82 Å². The lowest BCUT2D eigenvalue weighted by Gasteiger charge is -2.22. The average molecular weight is 254 g/mol. The van der Waals surface area contributed by atoms with Gasteiger partial charge in [-0.15, -0.1) is 11.6 Å². The van der Waals surface area contributed by atoms with Crippen molar-refractivity contribution in [2.75, 3.05) is 18.0 Å². The molecule has 1 saturated carbocycles. The van der Waals surface area contributed by atoms with E-state index in [1.807, 2.05) is 6.07 Å². The van der Waals surface area contributed by atoms with Gasteiger partial charge in [-0.3, -0.25) is 0 Å². The number of hydrogen-bond acceptors (Lipinski definition) is 1. The zero-order valence-electron chi connectivity index (χ0n) is 9.83. The predicted octanol–water partition coefficient (Wildman–Crippen LogP) is 3.80. The van der Waals surface area contributed by atoms with E-state index in [-0.39, 0.29) is 11.7 Å². The van der Waals surface area contributed by atoms with E-state index in [0.29, 0.717) is 5.56 Å². The van der Waals surface area contributed by atoms with Gasteiger partial charge in [0.05, 0.1) is 5.88 Å². The summed E-state index contributed by atoms with van der Waals surface area (Å²) in [5.74, 6) is 1.73. The lowest BCUT2D eigenvalue weighted by Crippen LogP contribution is -2.22. The van der Waals surface area contributed by atoms with Gasteiger partial charge in [-0.1, -0.05) is 12.5 Å². The molecular weight excluding hydrogens is 237 g/mol. The van der Waals surface area contributed by atoms with Crippen molar-refractivity contribution in [3.05, 3.63) is 29.6 Å². The second-order valence-electron chi connectivity index (χ2n) is 5.23. The molecule has 0 amide bonds. The number of benzene rings is 1. The molecule has 0 radical (unpaired) electrons. The Morgan fingerprint density at radius 2 is 1.94 bits per heavy atom. The van der Waals surface area contributed by atoms with Gasteiger partial charge >= 0.3 is 0 Å². The minimum absolute atomic E-state index is 0.172. The maximum Gasteiger partial charge on any atom is 0.129 e. The Balaban J connectivity index is 1.88. The number of hydrogen-bond donors (Lipinski definition) is 0. The minimum atomic E-state index is -0.172. The highest BCUT2D eigenvalue weighted by Crippen LogP contribution is 2.40. The molecule has 1 aliphatic carbocycles. The monoisotopic (exact) mass is 253 g/mol. The fraction of sp³-hybridized carbons (Fsp3) is 0.571. The number of alkyl halides is 1. The summed E-state index contributed by atoms with van der Waals surface area (Å²) in [6, 6.07) is 5.29. The summed E-state index contributed by atoms with van der Waals surface area (Å²) in [7, 11) is 0. The number of nitrogens with zero attached hydrogens (tertiary/aromatic N) is 1. The van der Waals surface area contributed by atoms with Gasteiger partial charge in [0.25, 0.3) is 0 Å². The molecule has 0 aromatic heterocycles. The fourth-order valence-electron chi connectivity index (χ4n) is 3.41. The van der Waals surface area contributed by atoms with Gasteiger partial charge in [-0.05, 0) is 36.8 Å². The van der Waals surface area contributed by atoms with Crippen LogP contribution < -0.4 is 4.90 Å². The molecule has 2 aliphatic rings. The summed E-state index contributed by atoms with van der Waals surface area (Å²) in [4.78, 5) is 2.33. The van der Waals surface area contributed by atoms with Crippen molar-refractivity contribution in [1.29, 1.82) is 0 Å². The van der Waals surface area contributed by atoms with Crippen LogP contribution >= 0.6 is 11.6 Å². The van der Waals surface area contributed by atoms with E-state index in [1.165, 1.54) is 25.3 Å². The zero-order valence-corrected chi connectivity index (χ0v) is 10.6. The number of rotatable bonds is 2. The van der Waals surface area contributed by atoms with Crippen LogP contribution in [0.1, 0.15) is 24.8 Å². The molecule has 92 valence electrons. The van der Waals surface area contributed by atoms with Crippen LogP contribution in [0.2, 0.25) is 0 Å². The summed E-state index contributed by atoms with van der Waals surface area (Å²) in [6.07, 6.45) is 4.05.